The van der Waals surface area contributed by atoms with Crippen molar-refractivity contribution in [2.45, 2.75) is 45.3 Å². The van der Waals surface area contributed by atoms with E-state index in [1.807, 2.05) is 6.92 Å². The summed E-state index contributed by atoms with van der Waals surface area (Å²) in [5.41, 5.74) is 3.80. The van der Waals surface area contributed by atoms with E-state index >= 15 is 0 Å². The molecule has 0 spiro atoms. The summed E-state index contributed by atoms with van der Waals surface area (Å²) in [5.74, 6) is 2.86. The lowest BCUT2D eigenvalue weighted by Gasteiger charge is -2.38. The lowest BCUT2D eigenvalue weighted by atomic mass is 9.77. The predicted octanol–water partition coefficient (Wildman–Crippen LogP) is 5.70. The van der Waals surface area contributed by atoms with Gasteiger partial charge < -0.3 is 14.8 Å². The molecule has 3 nitrogen and oxygen atoms in total. The first-order chi connectivity index (χ1) is 12.7. The molecule has 2 aliphatic rings. The van der Waals surface area contributed by atoms with Gasteiger partial charge in [0, 0.05) is 5.92 Å². The predicted molar refractivity (Wildman–Crippen MR) is 106 cm³/mol. The zero-order valence-corrected chi connectivity index (χ0v) is 15.7. The first kappa shape index (κ1) is 17.0. The standard InChI is InChI=1S/C23H27NO2/c1-4-25-17-13-11-16(12-14-17)22-19-8-5-7-18(19)20-9-6-10-21(23(20)24-22)26-15(2)3/h5-7,9-15,18-19,22,24H,4,8H2,1-3H3. The molecule has 0 amide bonds. The number of hydrogen-bond donors (Lipinski definition) is 1. The molecule has 26 heavy (non-hydrogen) atoms. The average Bonchev–Trinajstić information content (AvgIpc) is 3.12. The third kappa shape index (κ3) is 3.07. The van der Waals surface area contributed by atoms with Gasteiger partial charge in [-0.2, -0.15) is 0 Å². The minimum absolute atomic E-state index is 0.157. The molecular weight excluding hydrogens is 322 g/mol. The normalized spacial score (nSPS) is 23.3. The number of hydrogen-bond acceptors (Lipinski definition) is 3. The van der Waals surface area contributed by atoms with Crippen LogP contribution in [0.2, 0.25) is 0 Å². The van der Waals surface area contributed by atoms with Gasteiger partial charge in [-0.1, -0.05) is 36.4 Å². The van der Waals surface area contributed by atoms with Gasteiger partial charge >= 0.3 is 0 Å². The fourth-order valence-electron chi connectivity index (χ4n) is 4.21. The van der Waals surface area contributed by atoms with Crippen molar-refractivity contribution in [3.05, 3.63) is 65.7 Å². The van der Waals surface area contributed by atoms with Crippen LogP contribution in [0.25, 0.3) is 0 Å². The molecule has 0 bridgehead atoms. The second-order valence-corrected chi connectivity index (χ2v) is 7.36. The topological polar surface area (TPSA) is 30.5 Å². The molecule has 4 rings (SSSR count). The summed E-state index contributed by atoms with van der Waals surface area (Å²) in [6.07, 6.45) is 5.95. The highest BCUT2D eigenvalue weighted by Gasteiger charge is 2.39. The first-order valence-electron chi connectivity index (χ1n) is 9.63. The molecule has 3 atom stereocenters. The van der Waals surface area contributed by atoms with Crippen molar-refractivity contribution in [3.63, 3.8) is 0 Å². The van der Waals surface area contributed by atoms with Crippen molar-refractivity contribution in [1.29, 1.82) is 0 Å². The minimum Gasteiger partial charge on any atom is -0.494 e. The van der Waals surface area contributed by atoms with E-state index in [2.05, 4.69) is 73.8 Å². The van der Waals surface area contributed by atoms with Gasteiger partial charge in [0.05, 0.1) is 24.4 Å². The van der Waals surface area contributed by atoms with Crippen molar-refractivity contribution >= 4 is 5.69 Å². The van der Waals surface area contributed by atoms with Crippen LogP contribution in [0.5, 0.6) is 11.5 Å². The van der Waals surface area contributed by atoms with Crippen LogP contribution in [-0.4, -0.2) is 12.7 Å². The highest BCUT2D eigenvalue weighted by atomic mass is 16.5. The third-order valence-electron chi connectivity index (χ3n) is 5.27. The van der Waals surface area contributed by atoms with Gasteiger partial charge in [-0.05, 0) is 62.4 Å². The average molecular weight is 349 g/mol. The summed E-state index contributed by atoms with van der Waals surface area (Å²) in [5, 5.41) is 3.80. The molecular formula is C23H27NO2. The van der Waals surface area contributed by atoms with Crippen LogP contribution in [0, 0.1) is 5.92 Å². The number of allylic oxidation sites excluding steroid dienone is 2. The lowest BCUT2D eigenvalue weighted by Crippen LogP contribution is -2.29. The van der Waals surface area contributed by atoms with Crippen LogP contribution in [0.3, 0.4) is 0 Å². The monoisotopic (exact) mass is 349 g/mol. The Labute approximate surface area is 156 Å². The summed E-state index contributed by atoms with van der Waals surface area (Å²) in [4.78, 5) is 0. The molecule has 136 valence electrons. The number of benzene rings is 2. The van der Waals surface area contributed by atoms with E-state index in [0.29, 0.717) is 18.4 Å². The maximum absolute atomic E-state index is 6.09. The molecule has 3 unspecified atom stereocenters. The molecule has 0 fully saturated rings. The Balaban J connectivity index is 1.70. The number of nitrogens with one attached hydrogen (secondary N) is 1. The number of ether oxygens (including phenoxy) is 2. The van der Waals surface area contributed by atoms with Crippen molar-refractivity contribution in [2.24, 2.45) is 5.92 Å². The minimum atomic E-state index is 0.157. The fourth-order valence-corrected chi connectivity index (χ4v) is 4.21. The van der Waals surface area contributed by atoms with E-state index in [4.69, 9.17) is 9.47 Å². The zero-order valence-electron chi connectivity index (χ0n) is 15.7. The molecule has 2 aromatic carbocycles. The van der Waals surface area contributed by atoms with Gasteiger partial charge in [0.1, 0.15) is 11.5 Å². The Morgan fingerprint density at radius 1 is 1.12 bits per heavy atom. The van der Waals surface area contributed by atoms with Gasteiger partial charge in [0.2, 0.25) is 0 Å². The maximum Gasteiger partial charge on any atom is 0.143 e. The Kier molecular flexibility index (Phi) is 4.62. The largest absolute Gasteiger partial charge is 0.494 e. The van der Waals surface area contributed by atoms with Gasteiger partial charge in [0.25, 0.3) is 0 Å². The van der Waals surface area contributed by atoms with Crippen LogP contribution >= 0.6 is 0 Å². The molecule has 2 aromatic rings. The van der Waals surface area contributed by atoms with Crippen molar-refractivity contribution < 1.29 is 9.47 Å². The number of anilines is 1. The lowest BCUT2D eigenvalue weighted by molar-refractivity contribution is 0.242. The second-order valence-electron chi connectivity index (χ2n) is 7.36. The summed E-state index contributed by atoms with van der Waals surface area (Å²) in [6.45, 7) is 6.85. The molecule has 1 aliphatic carbocycles. The SMILES string of the molecule is CCOc1ccc(C2Nc3c(OC(C)C)cccc3C3C=CCC32)cc1. The van der Waals surface area contributed by atoms with E-state index in [1.54, 1.807) is 0 Å². The summed E-state index contributed by atoms with van der Waals surface area (Å²) in [6, 6.07) is 15.2. The first-order valence-corrected chi connectivity index (χ1v) is 9.63. The third-order valence-corrected chi connectivity index (χ3v) is 5.27. The van der Waals surface area contributed by atoms with Crippen molar-refractivity contribution in [3.8, 4) is 11.5 Å². The van der Waals surface area contributed by atoms with E-state index < -0.39 is 0 Å². The molecule has 0 saturated heterocycles. The fraction of sp³-hybridized carbons (Fsp3) is 0.391. The highest BCUT2D eigenvalue weighted by molar-refractivity contribution is 5.67. The Morgan fingerprint density at radius 3 is 2.65 bits per heavy atom. The zero-order chi connectivity index (χ0) is 18.1. The highest BCUT2D eigenvalue weighted by Crippen LogP contribution is 2.52. The van der Waals surface area contributed by atoms with Crippen LogP contribution in [0.4, 0.5) is 5.69 Å². The maximum atomic E-state index is 6.09. The quantitative estimate of drug-likeness (QED) is 0.703. The van der Waals surface area contributed by atoms with E-state index in [-0.39, 0.29) is 12.1 Å². The van der Waals surface area contributed by atoms with Gasteiger partial charge in [-0.15, -0.1) is 0 Å². The molecule has 0 saturated carbocycles. The van der Waals surface area contributed by atoms with Crippen molar-refractivity contribution in [1.82, 2.24) is 0 Å². The number of rotatable bonds is 5. The molecule has 3 heteroatoms. The number of fused-ring (bicyclic) bond motifs is 3. The smallest absolute Gasteiger partial charge is 0.143 e. The van der Waals surface area contributed by atoms with Crippen molar-refractivity contribution in [2.75, 3.05) is 11.9 Å². The van der Waals surface area contributed by atoms with Crippen LogP contribution in [0.15, 0.2) is 54.6 Å². The number of para-hydroxylation sites is 1. The van der Waals surface area contributed by atoms with Crippen LogP contribution in [0.1, 0.15) is 50.3 Å². The van der Waals surface area contributed by atoms with Gasteiger partial charge in [0.15, 0.2) is 0 Å². The molecule has 0 aromatic heterocycles. The van der Waals surface area contributed by atoms with Crippen LogP contribution in [-0.2, 0) is 0 Å². The second kappa shape index (κ2) is 7.06. The molecule has 1 aliphatic heterocycles. The van der Waals surface area contributed by atoms with Crippen LogP contribution < -0.4 is 14.8 Å². The van der Waals surface area contributed by atoms with E-state index in [0.717, 1.165) is 23.6 Å². The Morgan fingerprint density at radius 2 is 1.92 bits per heavy atom. The molecule has 0 radical (unpaired) electrons. The summed E-state index contributed by atoms with van der Waals surface area (Å²) in [7, 11) is 0. The Hall–Kier alpha value is -2.42. The molecule has 1 N–H and O–H groups in total. The van der Waals surface area contributed by atoms with Gasteiger partial charge in [-0.25, -0.2) is 0 Å². The van der Waals surface area contributed by atoms with Gasteiger partial charge in [-0.3, -0.25) is 0 Å². The summed E-state index contributed by atoms with van der Waals surface area (Å²) >= 11 is 0. The molecule has 1 heterocycles. The Bertz CT molecular complexity index is 794. The van der Waals surface area contributed by atoms with E-state index in [9.17, 15) is 0 Å². The summed E-state index contributed by atoms with van der Waals surface area (Å²) < 4.78 is 11.7. The van der Waals surface area contributed by atoms with E-state index in [1.165, 1.54) is 11.1 Å².